The molecule has 2 aromatic carbocycles. The molecule has 2 aromatic rings. The quantitative estimate of drug-likeness (QED) is 0.266. The fraction of sp³-hybridized carbons (Fsp3) is 0.476. The highest BCUT2D eigenvalue weighted by atomic mass is 16.5. The van der Waals surface area contributed by atoms with E-state index >= 15 is 0 Å². The molecule has 2 unspecified atom stereocenters. The molecule has 2 aliphatic heterocycles. The van der Waals surface area contributed by atoms with Crippen LogP contribution in [0.15, 0.2) is 83.6 Å². The molecule has 0 fully saturated rings. The van der Waals surface area contributed by atoms with Gasteiger partial charge in [0.1, 0.15) is 34.5 Å². The van der Waals surface area contributed by atoms with E-state index in [0.29, 0.717) is 18.1 Å². The third-order valence-electron chi connectivity index (χ3n) is 9.74. The molecular weight excluding hydrogens is 598 g/mol. The standard InChI is InChI=1S/C42H55NO5/c1-11-26(12-2)25-46-30-16-18-32-28(22-38(42(8,9)10)48-36(32)24-30)20-34-39(44)33(40(34)45)19-27-21-37(41(5,6)7)47-35-23-29(15-17-31(27)35)43(13-3)14-4/h15-24,26,34,39,44-45H,11-14,25H2,1-10H3/b27-19+,28-20+. The number of hydrogen-bond acceptors (Lipinski definition) is 6. The van der Waals surface area contributed by atoms with E-state index in [9.17, 15) is 10.2 Å². The van der Waals surface area contributed by atoms with Gasteiger partial charge < -0.3 is 29.3 Å². The van der Waals surface area contributed by atoms with Crippen molar-refractivity contribution in [2.45, 2.75) is 88.2 Å². The molecule has 5 rings (SSSR count). The number of anilines is 1. The van der Waals surface area contributed by atoms with Crippen LogP contribution in [0, 0.1) is 22.7 Å². The largest absolute Gasteiger partial charge is 0.511 e. The Morgan fingerprint density at radius 2 is 1.38 bits per heavy atom. The van der Waals surface area contributed by atoms with E-state index in [-0.39, 0.29) is 16.6 Å². The first-order valence-electron chi connectivity index (χ1n) is 17.7. The first-order chi connectivity index (χ1) is 22.7. The maximum atomic E-state index is 11.5. The van der Waals surface area contributed by atoms with Gasteiger partial charge in [-0.25, -0.2) is 0 Å². The van der Waals surface area contributed by atoms with E-state index in [1.54, 1.807) is 0 Å². The topological polar surface area (TPSA) is 71.4 Å². The summed E-state index contributed by atoms with van der Waals surface area (Å²) >= 11 is 0. The van der Waals surface area contributed by atoms with Crippen molar-refractivity contribution in [3.05, 3.63) is 94.7 Å². The van der Waals surface area contributed by atoms with Gasteiger partial charge >= 0.3 is 0 Å². The average Bonchev–Trinajstić information content (AvgIpc) is 3.05. The molecule has 2 atom stereocenters. The number of allylic oxidation sites excluding steroid dienone is 6. The van der Waals surface area contributed by atoms with Gasteiger partial charge in [-0.2, -0.15) is 0 Å². The molecule has 0 radical (unpaired) electrons. The lowest BCUT2D eigenvalue weighted by molar-refractivity contribution is 0.113. The summed E-state index contributed by atoms with van der Waals surface area (Å²) in [5.41, 5.74) is 4.82. The molecule has 2 N–H and O–H groups in total. The van der Waals surface area contributed by atoms with Crippen molar-refractivity contribution in [2.75, 3.05) is 24.6 Å². The Bertz CT molecular complexity index is 1670. The average molecular weight is 654 g/mol. The second kappa shape index (κ2) is 13.9. The molecule has 258 valence electrons. The van der Waals surface area contributed by atoms with Crippen LogP contribution in [0.5, 0.6) is 17.2 Å². The molecule has 0 saturated heterocycles. The molecule has 1 aliphatic carbocycles. The number of nitrogens with zero attached hydrogens (tertiary/aromatic N) is 1. The van der Waals surface area contributed by atoms with Crippen LogP contribution in [0.25, 0.3) is 11.1 Å². The predicted octanol–water partition coefficient (Wildman–Crippen LogP) is 10.3. The maximum absolute atomic E-state index is 11.5. The molecular formula is C42H55NO5. The highest BCUT2D eigenvalue weighted by Gasteiger charge is 2.39. The summed E-state index contributed by atoms with van der Waals surface area (Å²) in [7, 11) is 0. The van der Waals surface area contributed by atoms with Gasteiger partial charge in [-0.3, -0.25) is 0 Å². The first-order valence-corrected chi connectivity index (χ1v) is 17.7. The monoisotopic (exact) mass is 653 g/mol. The molecule has 6 nitrogen and oxygen atoms in total. The molecule has 0 bridgehead atoms. The zero-order valence-electron chi connectivity index (χ0n) is 30.6. The van der Waals surface area contributed by atoms with Crippen LogP contribution in [0.2, 0.25) is 0 Å². The summed E-state index contributed by atoms with van der Waals surface area (Å²) in [6.07, 6.45) is 9.23. The van der Waals surface area contributed by atoms with Crippen molar-refractivity contribution in [1.82, 2.24) is 0 Å². The van der Waals surface area contributed by atoms with Crippen LogP contribution >= 0.6 is 0 Å². The molecule has 0 spiro atoms. The van der Waals surface area contributed by atoms with Crippen LogP contribution in [0.3, 0.4) is 0 Å². The third-order valence-corrected chi connectivity index (χ3v) is 9.74. The van der Waals surface area contributed by atoms with Crippen molar-refractivity contribution < 1.29 is 24.4 Å². The van der Waals surface area contributed by atoms with Crippen LogP contribution < -0.4 is 19.1 Å². The van der Waals surface area contributed by atoms with Gasteiger partial charge in [-0.1, -0.05) is 74.3 Å². The number of rotatable bonds is 10. The summed E-state index contributed by atoms with van der Waals surface area (Å²) in [6.45, 7) is 23.9. The molecule has 3 aliphatic rings. The summed E-state index contributed by atoms with van der Waals surface area (Å²) in [5.74, 6) is 4.08. The second-order valence-electron chi connectivity index (χ2n) is 15.3. The lowest BCUT2D eigenvalue weighted by Gasteiger charge is -2.35. The molecule has 0 amide bonds. The Kier molecular flexibility index (Phi) is 10.3. The Morgan fingerprint density at radius 3 is 1.94 bits per heavy atom. The zero-order chi connectivity index (χ0) is 35.0. The van der Waals surface area contributed by atoms with Gasteiger partial charge in [0.05, 0.1) is 18.6 Å². The van der Waals surface area contributed by atoms with Crippen molar-refractivity contribution >= 4 is 16.8 Å². The first kappa shape index (κ1) is 35.4. The third kappa shape index (κ3) is 7.24. The maximum Gasteiger partial charge on any atom is 0.138 e. The van der Waals surface area contributed by atoms with Crippen molar-refractivity contribution in [1.29, 1.82) is 0 Å². The Balaban J connectivity index is 1.51. The fourth-order valence-electron chi connectivity index (χ4n) is 6.28. The number of hydrogen-bond donors (Lipinski definition) is 2. The molecule has 0 saturated carbocycles. The van der Waals surface area contributed by atoms with E-state index in [1.165, 1.54) is 0 Å². The van der Waals surface area contributed by atoms with E-state index in [0.717, 1.165) is 82.7 Å². The van der Waals surface area contributed by atoms with Crippen LogP contribution in [0.4, 0.5) is 5.69 Å². The van der Waals surface area contributed by atoms with Crippen molar-refractivity contribution in [3.63, 3.8) is 0 Å². The van der Waals surface area contributed by atoms with Gasteiger partial charge in [0, 0.05) is 58.4 Å². The minimum absolute atomic E-state index is 0.171. The van der Waals surface area contributed by atoms with Gasteiger partial charge in [0.15, 0.2) is 0 Å². The molecule has 48 heavy (non-hydrogen) atoms. The minimum Gasteiger partial charge on any atom is -0.511 e. The molecule has 2 heterocycles. The molecule has 0 aromatic heterocycles. The Morgan fingerprint density at radius 1 is 0.812 bits per heavy atom. The van der Waals surface area contributed by atoms with Crippen LogP contribution in [-0.2, 0) is 0 Å². The SMILES string of the molecule is CCC(CC)COc1ccc2c(c1)OC(C(C)(C)C)=C/C2=C\C1C(O)=C(/C=C2\C=C(C(C)(C)C)Oc3cc(N(CC)CC)ccc32)C1O. The van der Waals surface area contributed by atoms with E-state index in [1.807, 2.05) is 42.5 Å². The Hall–Kier alpha value is -3.90. The van der Waals surface area contributed by atoms with Gasteiger partial charge in [0.25, 0.3) is 0 Å². The predicted molar refractivity (Wildman–Crippen MR) is 197 cm³/mol. The number of aliphatic hydroxyl groups excluding tert-OH is 2. The fourth-order valence-corrected chi connectivity index (χ4v) is 6.28. The summed E-state index contributed by atoms with van der Waals surface area (Å²) in [5, 5.41) is 22.9. The number of benzene rings is 2. The summed E-state index contributed by atoms with van der Waals surface area (Å²) in [4.78, 5) is 2.29. The van der Waals surface area contributed by atoms with E-state index in [2.05, 4.69) is 92.3 Å². The van der Waals surface area contributed by atoms with Crippen LogP contribution in [0.1, 0.15) is 93.2 Å². The van der Waals surface area contributed by atoms with Crippen molar-refractivity contribution in [3.8, 4) is 17.2 Å². The zero-order valence-corrected chi connectivity index (χ0v) is 30.6. The second-order valence-corrected chi connectivity index (χ2v) is 15.3. The van der Waals surface area contributed by atoms with E-state index in [4.69, 9.17) is 14.2 Å². The number of ether oxygens (including phenoxy) is 3. The van der Waals surface area contributed by atoms with Gasteiger partial charge in [-0.05, 0) is 73.4 Å². The van der Waals surface area contributed by atoms with E-state index < -0.39 is 12.0 Å². The summed E-state index contributed by atoms with van der Waals surface area (Å²) < 4.78 is 19.0. The molecule has 6 heteroatoms. The normalized spacial score (nSPS) is 20.8. The lowest BCUT2D eigenvalue weighted by Crippen LogP contribution is -2.34. The minimum atomic E-state index is -0.863. The number of fused-ring (bicyclic) bond motifs is 2. The highest BCUT2D eigenvalue weighted by molar-refractivity contribution is 5.85. The highest BCUT2D eigenvalue weighted by Crippen LogP contribution is 2.47. The smallest absolute Gasteiger partial charge is 0.138 e. The van der Waals surface area contributed by atoms with Gasteiger partial charge in [0.2, 0.25) is 0 Å². The van der Waals surface area contributed by atoms with Crippen LogP contribution in [-0.4, -0.2) is 36.0 Å². The lowest BCUT2D eigenvalue weighted by atomic mass is 9.77. The summed E-state index contributed by atoms with van der Waals surface area (Å²) in [6, 6.07) is 12.2. The number of aliphatic hydroxyl groups is 2. The van der Waals surface area contributed by atoms with Crippen molar-refractivity contribution in [2.24, 2.45) is 22.7 Å². The Labute approximate surface area is 288 Å². The van der Waals surface area contributed by atoms with Gasteiger partial charge in [-0.15, -0.1) is 0 Å².